The Morgan fingerprint density at radius 3 is 3.00 bits per heavy atom. The zero-order valence-corrected chi connectivity index (χ0v) is 11.9. The van der Waals surface area contributed by atoms with Crippen LogP contribution >= 0.6 is 23.1 Å². The first-order valence-electron chi connectivity index (χ1n) is 6.15. The van der Waals surface area contributed by atoms with E-state index in [1.54, 1.807) is 23.1 Å². The van der Waals surface area contributed by atoms with Crippen molar-refractivity contribution in [3.05, 3.63) is 34.7 Å². The van der Waals surface area contributed by atoms with Crippen molar-refractivity contribution in [2.75, 3.05) is 0 Å². The molecule has 0 aliphatic heterocycles. The Hall–Kier alpha value is -0.780. The molecule has 1 aliphatic carbocycles. The Morgan fingerprint density at radius 1 is 1.44 bits per heavy atom. The molecule has 96 valence electrons. The van der Waals surface area contributed by atoms with Crippen LogP contribution in [0.1, 0.15) is 30.1 Å². The summed E-state index contributed by atoms with van der Waals surface area (Å²) >= 11 is 3.43. The van der Waals surface area contributed by atoms with Crippen molar-refractivity contribution >= 4 is 23.1 Å². The number of thiazole rings is 1. The van der Waals surface area contributed by atoms with Crippen molar-refractivity contribution < 1.29 is 4.42 Å². The molecular weight excluding hydrogens is 264 g/mol. The Kier molecular flexibility index (Phi) is 3.72. The average molecular weight is 280 g/mol. The quantitative estimate of drug-likeness (QED) is 0.821. The lowest BCUT2D eigenvalue weighted by atomic mass is 10.4. The summed E-state index contributed by atoms with van der Waals surface area (Å²) in [5.74, 6) is 2.92. The van der Waals surface area contributed by atoms with Gasteiger partial charge in [-0.25, -0.2) is 4.98 Å². The van der Waals surface area contributed by atoms with Gasteiger partial charge in [0.2, 0.25) is 0 Å². The summed E-state index contributed by atoms with van der Waals surface area (Å²) in [5.41, 5.74) is 1.09. The van der Waals surface area contributed by atoms with E-state index in [4.69, 9.17) is 4.42 Å². The molecule has 0 spiro atoms. The highest BCUT2D eigenvalue weighted by Crippen LogP contribution is 2.27. The second kappa shape index (κ2) is 5.47. The molecule has 18 heavy (non-hydrogen) atoms. The molecule has 0 atom stereocenters. The lowest BCUT2D eigenvalue weighted by Crippen LogP contribution is -2.14. The molecule has 3 nitrogen and oxygen atoms in total. The topological polar surface area (TPSA) is 38.1 Å². The Balaban J connectivity index is 1.49. The van der Waals surface area contributed by atoms with Gasteiger partial charge in [-0.05, 0) is 31.9 Å². The number of nitrogens with zero attached hydrogens (tertiary/aromatic N) is 1. The van der Waals surface area contributed by atoms with Gasteiger partial charge in [0.25, 0.3) is 0 Å². The average Bonchev–Trinajstić information content (AvgIpc) is 2.93. The van der Waals surface area contributed by atoms with E-state index in [0.29, 0.717) is 0 Å². The van der Waals surface area contributed by atoms with Crippen LogP contribution in [0.3, 0.4) is 0 Å². The number of furan rings is 1. The molecule has 0 bridgehead atoms. The van der Waals surface area contributed by atoms with Crippen molar-refractivity contribution in [1.29, 1.82) is 0 Å². The molecule has 0 amide bonds. The maximum atomic E-state index is 5.78. The zero-order valence-electron chi connectivity index (χ0n) is 10.3. The van der Waals surface area contributed by atoms with Crippen molar-refractivity contribution in [3.8, 4) is 0 Å². The highest BCUT2D eigenvalue weighted by molar-refractivity contribution is 8.00. The van der Waals surface area contributed by atoms with Crippen LogP contribution in [-0.4, -0.2) is 11.0 Å². The van der Waals surface area contributed by atoms with Crippen molar-refractivity contribution in [3.63, 3.8) is 0 Å². The minimum absolute atomic E-state index is 0.728. The minimum Gasteiger partial charge on any atom is -0.464 e. The zero-order chi connectivity index (χ0) is 12.4. The predicted molar refractivity (Wildman–Crippen MR) is 75.0 cm³/mol. The van der Waals surface area contributed by atoms with Gasteiger partial charge in [0.1, 0.15) is 11.5 Å². The third-order valence-electron chi connectivity index (χ3n) is 2.80. The van der Waals surface area contributed by atoms with Crippen LogP contribution in [0.5, 0.6) is 0 Å². The summed E-state index contributed by atoms with van der Waals surface area (Å²) in [6.07, 6.45) is 2.62. The molecule has 0 radical (unpaired) electrons. The fourth-order valence-corrected chi connectivity index (χ4v) is 3.40. The third-order valence-corrected chi connectivity index (χ3v) is 4.96. The first-order valence-corrected chi connectivity index (χ1v) is 8.02. The first-order chi connectivity index (χ1) is 8.79. The standard InChI is InChI=1S/C13H16N2OS2/c1-9-7-17-13(15-9)18-8-12-5-4-11(16-12)6-14-10-2-3-10/h4-5,7,10,14H,2-3,6,8H2,1H3. The number of aromatic nitrogens is 1. The number of nitrogens with one attached hydrogen (secondary N) is 1. The second-order valence-electron chi connectivity index (χ2n) is 4.57. The predicted octanol–water partition coefficient (Wildman–Crippen LogP) is 3.59. The second-order valence-corrected chi connectivity index (χ2v) is 6.65. The van der Waals surface area contributed by atoms with Gasteiger partial charge < -0.3 is 9.73 Å². The molecule has 5 heteroatoms. The molecule has 2 heterocycles. The molecule has 0 aromatic carbocycles. The molecule has 1 aliphatic rings. The summed E-state index contributed by atoms with van der Waals surface area (Å²) in [6, 6.07) is 4.86. The molecule has 1 N–H and O–H groups in total. The van der Waals surface area contributed by atoms with E-state index >= 15 is 0 Å². The number of aryl methyl sites for hydroxylation is 1. The summed E-state index contributed by atoms with van der Waals surface area (Å²) in [4.78, 5) is 4.43. The Bertz CT molecular complexity index is 517. The number of hydrogen-bond acceptors (Lipinski definition) is 5. The first kappa shape index (κ1) is 12.3. The Labute approximate surface area is 115 Å². The fraction of sp³-hybridized carbons (Fsp3) is 0.462. The van der Waals surface area contributed by atoms with Gasteiger partial charge in [-0.15, -0.1) is 11.3 Å². The molecule has 0 unspecified atom stereocenters. The lowest BCUT2D eigenvalue weighted by molar-refractivity contribution is 0.458. The van der Waals surface area contributed by atoms with E-state index in [-0.39, 0.29) is 0 Å². The number of hydrogen-bond donors (Lipinski definition) is 1. The van der Waals surface area contributed by atoms with E-state index in [2.05, 4.69) is 27.8 Å². The molecule has 1 fully saturated rings. The van der Waals surface area contributed by atoms with E-state index in [0.717, 1.165) is 39.9 Å². The third kappa shape index (κ3) is 3.37. The number of rotatable bonds is 6. The molecule has 2 aromatic heterocycles. The van der Waals surface area contributed by atoms with E-state index in [1.807, 2.05) is 6.92 Å². The number of thioether (sulfide) groups is 1. The van der Waals surface area contributed by atoms with Crippen LogP contribution in [0.4, 0.5) is 0 Å². The SMILES string of the molecule is Cc1csc(SCc2ccc(CNC3CC3)o2)n1. The van der Waals surface area contributed by atoms with Crippen LogP contribution in [-0.2, 0) is 12.3 Å². The van der Waals surface area contributed by atoms with Gasteiger partial charge in [-0.3, -0.25) is 0 Å². The highest BCUT2D eigenvalue weighted by Gasteiger charge is 2.20. The molecule has 0 saturated heterocycles. The van der Waals surface area contributed by atoms with Gasteiger partial charge >= 0.3 is 0 Å². The van der Waals surface area contributed by atoms with Gasteiger partial charge in [-0.2, -0.15) is 0 Å². The lowest BCUT2D eigenvalue weighted by Gasteiger charge is -1.98. The monoisotopic (exact) mass is 280 g/mol. The Morgan fingerprint density at radius 2 is 2.28 bits per heavy atom. The highest BCUT2D eigenvalue weighted by atomic mass is 32.2. The molecule has 3 rings (SSSR count). The molecular formula is C13H16N2OS2. The van der Waals surface area contributed by atoms with Crippen LogP contribution in [0.2, 0.25) is 0 Å². The van der Waals surface area contributed by atoms with E-state index in [9.17, 15) is 0 Å². The molecule has 2 aromatic rings. The maximum Gasteiger partial charge on any atom is 0.150 e. The smallest absolute Gasteiger partial charge is 0.150 e. The fourth-order valence-electron chi connectivity index (χ4n) is 1.66. The van der Waals surface area contributed by atoms with Crippen molar-refractivity contribution in [2.45, 2.75) is 42.4 Å². The normalized spacial score (nSPS) is 15.2. The maximum absolute atomic E-state index is 5.78. The van der Waals surface area contributed by atoms with Crippen molar-refractivity contribution in [1.82, 2.24) is 10.3 Å². The van der Waals surface area contributed by atoms with Crippen molar-refractivity contribution in [2.24, 2.45) is 0 Å². The van der Waals surface area contributed by atoms with Gasteiger partial charge in [0.15, 0.2) is 4.34 Å². The largest absolute Gasteiger partial charge is 0.464 e. The van der Waals surface area contributed by atoms with Gasteiger partial charge in [-0.1, -0.05) is 11.8 Å². The summed E-state index contributed by atoms with van der Waals surface area (Å²) < 4.78 is 6.90. The molecule has 1 saturated carbocycles. The van der Waals surface area contributed by atoms with Crippen LogP contribution in [0.15, 0.2) is 26.3 Å². The van der Waals surface area contributed by atoms with Gasteiger partial charge in [0.05, 0.1) is 12.3 Å². The van der Waals surface area contributed by atoms with Crippen LogP contribution < -0.4 is 5.32 Å². The minimum atomic E-state index is 0.728. The van der Waals surface area contributed by atoms with E-state index < -0.39 is 0 Å². The summed E-state index contributed by atoms with van der Waals surface area (Å²) in [6.45, 7) is 2.88. The van der Waals surface area contributed by atoms with Gasteiger partial charge in [0, 0.05) is 17.1 Å². The van der Waals surface area contributed by atoms with E-state index in [1.165, 1.54) is 12.8 Å². The summed E-state index contributed by atoms with van der Waals surface area (Å²) in [5, 5.41) is 5.53. The summed E-state index contributed by atoms with van der Waals surface area (Å²) in [7, 11) is 0. The van der Waals surface area contributed by atoms with Crippen LogP contribution in [0.25, 0.3) is 0 Å². The van der Waals surface area contributed by atoms with Crippen LogP contribution in [0, 0.1) is 6.92 Å².